The maximum Gasteiger partial charge on any atom is 0.165 e. The number of hydrogen-bond acceptors (Lipinski definition) is 3. The van der Waals surface area contributed by atoms with Gasteiger partial charge < -0.3 is 14.2 Å². The van der Waals surface area contributed by atoms with E-state index in [9.17, 15) is 17.6 Å². The Bertz CT molecular complexity index is 2080. The molecule has 0 saturated heterocycles. The highest BCUT2D eigenvalue weighted by Crippen LogP contribution is 2.40. The van der Waals surface area contributed by atoms with Gasteiger partial charge in [-0.3, -0.25) is 0 Å². The standard InChI is InChI=1S/C46H40F6O3/c1-45(2,31-17-21-35(47)39(51)27-31)43(25-29-15-19-37(49)41(23-29)53-33-11-7-5-8-12-33)55-44(46(3,4)32-18-22-36(48)40(52)28-32)26-30-16-20-38(50)42(24-30)54-34-13-9-6-10-14-34/h5-24,27-28,43-44H,25-26H2,1-4H3. The van der Waals surface area contributed by atoms with E-state index in [4.69, 9.17) is 14.2 Å². The van der Waals surface area contributed by atoms with Gasteiger partial charge in [-0.15, -0.1) is 0 Å². The van der Waals surface area contributed by atoms with Gasteiger partial charge in [0.1, 0.15) is 11.5 Å². The minimum absolute atomic E-state index is 0.0241. The van der Waals surface area contributed by atoms with Crippen LogP contribution in [0.25, 0.3) is 0 Å². The van der Waals surface area contributed by atoms with E-state index >= 15 is 8.78 Å². The summed E-state index contributed by atoms with van der Waals surface area (Å²) in [6.07, 6.45) is -1.40. The molecular formula is C46H40F6O3. The first-order valence-corrected chi connectivity index (χ1v) is 17.8. The maximum absolute atomic E-state index is 15.1. The fourth-order valence-corrected chi connectivity index (χ4v) is 6.48. The van der Waals surface area contributed by atoms with E-state index in [1.807, 2.05) is 39.8 Å². The molecule has 0 bridgehead atoms. The first-order chi connectivity index (χ1) is 26.2. The minimum Gasteiger partial charge on any atom is -0.454 e. The number of hydrogen-bond donors (Lipinski definition) is 0. The molecule has 0 aliphatic carbocycles. The van der Waals surface area contributed by atoms with Crippen molar-refractivity contribution in [2.24, 2.45) is 0 Å². The second-order valence-corrected chi connectivity index (χ2v) is 14.6. The summed E-state index contributed by atoms with van der Waals surface area (Å²) >= 11 is 0. The summed E-state index contributed by atoms with van der Waals surface area (Å²) in [6, 6.07) is 33.6. The highest BCUT2D eigenvalue weighted by Gasteiger charge is 2.40. The molecule has 0 aliphatic heterocycles. The SMILES string of the molecule is CC(C)(c1ccc(F)c(F)c1)C(Cc1ccc(F)c(Oc2ccccc2)c1)OC(Cc1ccc(F)c(Oc2ccccc2)c1)C(C)(C)c1ccc(F)c(F)c1. The molecule has 0 amide bonds. The zero-order valence-electron chi connectivity index (χ0n) is 30.8. The van der Waals surface area contributed by atoms with Crippen molar-refractivity contribution < 1.29 is 40.6 Å². The van der Waals surface area contributed by atoms with Crippen LogP contribution < -0.4 is 9.47 Å². The van der Waals surface area contributed by atoms with Crippen LogP contribution in [0.5, 0.6) is 23.0 Å². The molecule has 2 unspecified atom stereocenters. The van der Waals surface area contributed by atoms with Crippen LogP contribution in [0, 0.1) is 34.9 Å². The molecule has 2 atom stereocenters. The van der Waals surface area contributed by atoms with Crippen molar-refractivity contribution in [1.29, 1.82) is 0 Å². The van der Waals surface area contributed by atoms with Crippen LogP contribution in [0.1, 0.15) is 49.9 Å². The highest BCUT2D eigenvalue weighted by atomic mass is 19.2. The van der Waals surface area contributed by atoms with Crippen LogP contribution in [-0.2, 0) is 28.4 Å². The van der Waals surface area contributed by atoms with Gasteiger partial charge in [0.25, 0.3) is 0 Å². The van der Waals surface area contributed by atoms with E-state index in [1.54, 1.807) is 72.8 Å². The lowest BCUT2D eigenvalue weighted by molar-refractivity contribution is -0.0754. The Morgan fingerprint density at radius 2 is 0.782 bits per heavy atom. The number of ether oxygens (including phenoxy) is 3. The first kappa shape index (κ1) is 39.2. The molecule has 6 rings (SSSR count). The molecule has 284 valence electrons. The molecule has 6 aromatic rings. The van der Waals surface area contributed by atoms with Crippen LogP contribution in [0.2, 0.25) is 0 Å². The second kappa shape index (κ2) is 16.4. The van der Waals surface area contributed by atoms with Crippen molar-refractivity contribution in [3.05, 3.63) is 191 Å². The van der Waals surface area contributed by atoms with Crippen LogP contribution in [0.4, 0.5) is 26.3 Å². The molecular weight excluding hydrogens is 714 g/mol. The Morgan fingerprint density at radius 3 is 1.15 bits per heavy atom. The molecule has 3 nitrogen and oxygen atoms in total. The van der Waals surface area contributed by atoms with Gasteiger partial charge in [0, 0.05) is 10.8 Å². The van der Waals surface area contributed by atoms with E-state index in [0.29, 0.717) is 33.8 Å². The number of benzene rings is 6. The van der Waals surface area contributed by atoms with E-state index < -0.39 is 57.9 Å². The molecule has 9 heteroatoms. The number of halogens is 6. The van der Waals surface area contributed by atoms with E-state index in [2.05, 4.69) is 0 Å². The Kier molecular flexibility index (Phi) is 11.7. The predicted octanol–water partition coefficient (Wildman–Crippen LogP) is 12.6. The average Bonchev–Trinajstić information content (AvgIpc) is 3.16. The van der Waals surface area contributed by atoms with Gasteiger partial charge in [0.2, 0.25) is 0 Å². The van der Waals surface area contributed by atoms with E-state index in [0.717, 1.165) is 24.3 Å². The summed E-state index contributed by atoms with van der Waals surface area (Å²) in [5.41, 5.74) is -0.00456. The van der Waals surface area contributed by atoms with Crippen molar-refractivity contribution in [3.63, 3.8) is 0 Å². The van der Waals surface area contributed by atoms with Gasteiger partial charge >= 0.3 is 0 Å². The minimum atomic E-state index is -1.04. The van der Waals surface area contributed by atoms with Crippen LogP contribution in [0.15, 0.2) is 133 Å². The number of rotatable bonds is 14. The molecule has 0 aromatic heterocycles. The molecule has 0 fully saturated rings. The number of para-hydroxylation sites is 2. The van der Waals surface area contributed by atoms with Gasteiger partial charge in [-0.25, -0.2) is 26.3 Å². The van der Waals surface area contributed by atoms with Crippen LogP contribution in [0.3, 0.4) is 0 Å². The fraction of sp³-hybridized carbons (Fsp3) is 0.217. The van der Waals surface area contributed by atoms with Gasteiger partial charge in [-0.2, -0.15) is 0 Å². The Labute approximate surface area is 317 Å². The third-order valence-corrected chi connectivity index (χ3v) is 10.0. The zero-order valence-corrected chi connectivity index (χ0v) is 30.8. The Balaban J connectivity index is 1.43. The first-order valence-electron chi connectivity index (χ1n) is 17.8. The topological polar surface area (TPSA) is 27.7 Å². The quantitative estimate of drug-likeness (QED) is 0.104. The lowest BCUT2D eigenvalue weighted by atomic mass is 9.74. The van der Waals surface area contributed by atoms with Gasteiger partial charge in [0.15, 0.2) is 46.4 Å². The summed E-state index contributed by atoms with van der Waals surface area (Å²) in [7, 11) is 0. The van der Waals surface area contributed by atoms with Crippen LogP contribution >= 0.6 is 0 Å². The van der Waals surface area contributed by atoms with Gasteiger partial charge in [-0.1, -0.05) is 88.4 Å². The second-order valence-electron chi connectivity index (χ2n) is 14.6. The Hall–Kier alpha value is -5.54. The molecule has 6 aromatic carbocycles. The van der Waals surface area contributed by atoms with E-state index in [-0.39, 0.29) is 24.3 Å². The predicted molar refractivity (Wildman–Crippen MR) is 201 cm³/mol. The largest absolute Gasteiger partial charge is 0.454 e. The molecule has 0 spiro atoms. The summed E-state index contributed by atoms with van der Waals surface area (Å²) in [5.74, 6) is -4.48. The van der Waals surface area contributed by atoms with Crippen molar-refractivity contribution in [3.8, 4) is 23.0 Å². The maximum atomic E-state index is 15.1. The van der Waals surface area contributed by atoms with Gasteiger partial charge in [0.05, 0.1) is 12.2 Å². The van der Waals surface area contributed by atoms with Crippen molar-refractivity contribution >= 4 is 0 Å². The summed E-state index contributed by atoms with van der Waals surface area (Å²) in [4.78, 5) is 0. The normalized spacial score (nSPS) is 13.0. The molecule has 55 heavy (non-hydrogen) atoms. The Morgan fingerprint density at radius 1 is 0.418 bits per heavy atom. The smallest absolute Gasteiger partial charge is 0.165 e. The van der Waals surface area contributed by atoms with Gasteiger partial charge in [-0.05, 0) is 108 Å². The molecule has 0 heterocycles. The highest BCUT2D eigenvalue weighted by molar-refractivity contribution is 5.39. The molecule has 0 saturated carbocycles. The monoisotopic (exact) mass is 754 g/mol. The zero-order chi connectivity index (χ0) is 39.3. The van der Waals surface area contributed by atoms with Crippen molar-refractivity contribution in [2.45, 2.75) is 63.6 Å². The molecule has 0 N–H and O–H groups in total. The summed E-state index contributed by atoms with van der Waals surface area (Å²) < 4.78 is 107. The fourth-order valence-electron chi connectivity index (χ4n) is 6.48. The summed E-state index contributed by atoms with van der Waals surface area (Å²) in [6.45, 7) is 7.28. The molecule has 0 radical (unpaired) electrons. The van der Waals surface area contributed by atoms with Crippen molar-refractivity contribution in [2.75, 3.05) is 0 Å². The lowest BCUT2D eigenvalue weighted by Crippen LogP contribution is -2.46. The van der Waals surface area contributed by atoms with Crippen molar-refractivity contribution in [1.82, 2.24) is 0 Å². The molecule has 0 aliphatic rings. The lowest BCUT2D eigenvalue weighted by Gasteiger charge is -2.43. The van der Waals surface area contributed by atoms with Crippen LogP contribution in [-0.4, -0.2) is 12.2 Å². The van der Waals surface area contributed by atoms with E-state index in [1.165, 1.54) is 24.3 Å². The average molecular weight is 755 g/mol. The third kappa shape index (κ3) is 9.23. The third-order valence-electron chi connectivity index (χ3n) is 10.0. The summed E-state index contributed by atoms with van der Waals surface area (Å²) in [5, 5.41) is 0.